The lowest BCUT2D eigenvalue weighted by molar-refractivity contribution is 1.25. The zero-order chi connectivity index (χ0) is 10.7. The van der Waals surface area contributed by atoms with E-state index in [-0.39, 0.29) is 0 Å². The monoisotopic (exact) mass is 257 g/mol. The highest BCUT2D eigenvalue weighted by Crippen LogP contribution is 2.29. The lowest BCUT2D eigenvalue weighted by atomic mass is 10.3. The number of anilines is 1. The van der Waals surface area contributed by atoms with E-state index in [9.17, 15) is 0 Å². The van der Waals surface area contributed by atoms with Gasteiger partial charge in [-0.1, -0.05) is 29.0 Å². The zero-order valence-electron chi connectivity index (χ0n) is 7.68. The smallest absolute Gasteiger partial charge is 0.181 e. The third kappa shape index (κ3) is 3.09. The lowest BCUT2D eigenvalue weighted by Crippen LogP contribution is -1.81. The maximum Gasteiger partial charge on any atom is 0.181 e. The number of aromatic nitrogens is 2. The molecule has 0 saturated carbocycles. The van der Waals surface area contributed by atoms with Crippen LogP contribution in [0.3, 0.4) is 0 Å². The van der Waals surface area contributed by atoms with E-state index in [0.717, 1.165) is 15.5 Å². The van der Waals surface area contributed by atoms with Gasteiger partial charge in [0.25, 0.3) is 0 Å². The van der Waals surface area contributed by atoms with Crippen LogP contribution in [0.15, 0.2) is 28.7 Å². The van der Waals surface area contributed by atoms with Gasteiger partial charge in [-0.15, -0.1) is 11.8 Å². The molecular weight excluding hydrogens is 250 g/mol. The number of hydrogen-bond donors (Lipinski definition) is 1. The van der Waals surface area contributed by atoms with Crippen LogP contribution in [0.4, 0.5) is 5.13 Å². The highest BCUT2D eigenvalue weighted by molar-refractivity contribution is 8.00. The van der Waals surface area contributed by atoms with Crippen molar-refractivity contribution in [2.75, 3.05) is 5.73 Å². The van der Waals surface area contributed by atoms with E-state index in [1.807, 2.05) is 6.07 Å². The van der Waals surface area contributed by atoms with E-state index in [0.29, 0.717) is 10.3 Å². The van der Waals surface area contributed by atoms with Gasteiger partial charge >= 0.3 is 0 Å². The summed E-state index contributed by atoms with van der Waals surface area (Å²) in [5, 5.41) is 1.12. The fraction of sp³-hybridized carbons (Fsp3) is 0.111. The molecule has 3 nitrogen and oxygen atoms in total. The molecule has 2 rings (SSSR count). The molecule has 0 unspecified atom stereocenters. The Hall–Kier alpha value is -0.780. The summed E-state index contributed by atoms with van der Waals surface area (Å²) in [5.41, 5.74) is 6.67. The van der Waals surface area contributed by atoms with E-state index in [1.165, 1.54) is 11.3 Å². The van der Waals surface area contributed by atoms with Crippen LogP contribution in [-0.4, -0.2) is 9.97 Å². The molecule has 0 fully saturated rings. The van der Waals surface area contributed by atoms with Crippen LogP contribution in [-0.2, 0) is 5.75 Å². The van der Waals surface area contributed by atoms with Crippen molar-refractivity contribution in [2.24, 2.45) is 0 Å². The van der Waals surface area contributed by atoms with Crippen LogP contribution < -0.4 is 5.73 Å². The standard InChI is InChI=1S/C9H8ClN3S2/c10-7-2-1-6(3-12-7)5-14-8-4-13-9(11)15-8/h1-4H,5H2,(H2,11,13). The Labute approximate surface area is 101 Å². The molecule has 0 saturated heterocycles. The molecule has 15 heavy (non-hydrogen) atoms. The molecule has 0 spiro atoms. The van der Waals surface area contributed by atoms with Crippen molar-refractivity contribution < 1.29 is 0 Å². The summed E-state index contributed by atoms with van der Waals surface area (Å²) in [4.78, 5) is 7.99. The number of halogens is 1. The minimum atomic E-state index is 0.519. The predicted molar refractivity (Wildman–Crippen MR) is 65.3 cm³/mol. The summed E-state index contributed by atoms with van der Waals surface area (Å²) in [6, 6.07) is 3.76. The van der Waals surface area contributed by atoms with E-state index in [1.54, 1.807) is 30.2 Å². The summed E-state index contributed by atoms with van der Waals surface area (Å²) in [5.74, 6) is 0.853. The van der Waals surface area contributed by atoms with Gasteiger partial charge in [-0.2, -0.15) is 0 Å². The highest BCUT2D eigenvalue weighted by Gasteiger charge is 2.00. The summed E-state index contributed by atoms with van der Waals surface area (Å²) in [6.45, 7) is 0. The van der Waals surface area contributed by atoms with Crippen LogP contribution >= 0.6 is 34.7 Å². The Morgan fingerprint density at radius 2 is 2.20 bits per heavy atom. The predicted octanol–water partition coefficient (Wildman–Crippen LogP) is 3.07. The number of nitrogens with zero attached hydrogens (tertiary/aromatic N) is 2. The summed E-state index contributed by atoms with van der Waals surface area (Å²) < 4.78 is 1.11. The Morgan fingerprint density at radius 1 is 1.33 bits per heavy atom. The first-order valence-electron chi connectivity index (χ1n) is 4.18. The van der Waals surface area contributed by atoms with E-state index >= 15 is 0 Å². The van der Waals surface area contributed by atoms with Crippen LogP contribution in [0.25, 0.3) is 0 Å². The van der Waals surface area contributed by atoms with Gasteiger partial charge in [-0.05, 0) is 11.6 Å². The van der Waals surface area contributed by atoms with Gasteiger partial charge in [0.05, 0.1) is 10.4 Å². The number of nitrogens with two attached hydrogens (primary N) is 1. The van der Waals surface area contributed by atoms with Crippen LogP contribution in [0, 0.1) is 0 Å². The molecule has 78 valence electrons. The summed E-state index contributed by atoms with van der Waals surface area (Å²) in [7, 11) is 0. The first-order valence-corrected chi connectivity index (χ1v) is 6.36. The second kappa shape index (κ2) is 4.83. The molecule has 0 bridgehead atoms. The van der Waals surface area contributed by atoms with Crippen molar-refractivity contribution in [3.63, 3.8) is 0 Å². The molecule has 2 aromatic heterocycles. The third-order valence-electron chi connectivity index (χ3n) is 1.67. The highest BCUT2D eigenvalue weighted by atomic mass is 35.5. The second-order valence-corrected chi connectivity index (χ2v) is 5.52. The largest absolute Gasteiger partial charge is 0.375 e. The third-order valence-corrected chi connectivity index (χ3v) is 3.99. The Balaban J connectivity index is 1.96. The summed E-state index contributed by atoms with van der Waals surface area (Å²) in [6.07, 6.45) is 3.56. The van der Waals surface area contributed by atoms with Gasteiger partial charge in [-0.3, -0.25) is 0 Å². The quantitative estimate of drug-likeness (QED) is 0.678. The molecule has 6 heteroatoms. The molecule has 0 aliphatic carbocycles. The molecule has 2 N–H and O–H groups in total. The van der Waals surface area contributed by atoms with Gasteiger partial charge in [0.1, 0.15) is 5.15 Å². The minimum Gasteiger partial charge on any atom is -0.375 e. The maximum atomic E-state index is 5.69. The van der Waals surface area contributed by atoms with Crippen molar-refractivity contribution >= 4 is 39.8 Å². The number of rotatable bonds is 3. The van der Waals surface area contributed by atoms with E-state index in [2.05, 4.69) is 9.97 Å². The number of hydrogen-bond acceptors (Lipinski definition) is 5. The zero-order valence-corrected chi connectivity index (χ0v) is 10.1. The number of pyridine rings is 1. The van der Waals surface area contributed by atoms with Crippen molar-refractivity contribution in [3.8, 4) is 0 Å². The van der Waals surface area contributed by atoms with Crippen LogP contribution in [0.2, 0.25) is 5.15 Å². The Morgan fingerprint density at radius 3 is 2.80 bits per heavy atom. The van der Waals surface area contributed by atoms with Crippen molar-refractivity contribution in [1.82, 2.24) is 9.97 Å². The van der Waals surface area contributed by atoms with Crippen LogP contribution in [0.1, 0.15) is 5.56 Å². The first kappa shape index (κ1) is 10.7. The molecule has 0 radical (unpaired) electrons. The maximum absolute atomic E-state index is 5.69. The molecule has 0 aromatic carbocycles. The average Bonchev–Trinajstić information content (AvgIpc) is 2.64. The number of nitrogen functional groups attached to an aromatic ring is 1. The topological polar surface area (TPSA) is 51.8 Å². The fourth-order valence-electron chi connectivity index (χ4n) is 0.985. The summed E-state index contributed by atoms with van der Waals surface area (Å²) >= 11 is 8.88. The number of thiazole rings is 1. The van der Waals surface area contributed by atoms with Gasteiger partial charge in [0, 0.05) is 11.9 Å². The Bertz CT molecular complexity index is 441. The normalized spacial score (nSPS) is 10.5. The molecule has 0 aliphatic heterocycles. The molecule has 2 aromatic rings. The number of thioether (sulfide) groups is 1. The van der Waals surface area contributed by atoms with Gasteiger partial charge < -0.3 is 5.73 Å². The van der Waals surface area contributed by atoms with Crippen molar-refractivity contribution in [2.45, 2.75) is 9.96 Å². The fourth-order valence-corrected chi connectivity index (χ4v) is 2.79. The van der Waals surface area contributed by atoms with Gasteiger partial charge in [0.15, 0.2) is 5.13 Å². The second-order valence-electron chi connectivity index (χ2n) is 2.80. The van der Waals surface area contributed by atoms with E-state index < -0.39 is 0 Å². The molecule has 0 atom stereocenters. The van der Waals surface area contributed by atoms with Crippen molar-refractivity contribution in [3.05, 3.63) is 35.2 Å². The van der Waals surface area contributed by atoms with Gasteiger partial charge in [0.2, 0.25) is 0 Å². The molecule has 2 heterocycles. The first-order chi connectivity index (χ1) is 7.24. The molecular formula is C9H8ClN3S2. The van der Waals surface area contributed by atoms with Crippen molar-refractivity contribution in [1.29, 1.82) is 0 Å². The minimum absolute atomic E-state index is 0.519. The molecule has 0 amide bonds. The van der Waals surface area contributed by atoms with E-state index in [4.69, 9.17) is 17.3 Å². The SMILES string of the molecule is Nc1ncc(SCc2ccc(Cl)nc2)s1. The average molecular weight is 258 g/mol. The van der Waals surface area contributed by atoms with Crippen LogP contribution in [0.5, 0.6) is 0 Å². The molecule has 0 aliphatic rings. The van der Waals surface area contributed by atoms with Gasteiger partial charge in [-0.25, -0.2) is 9.97 Å². The lowest BCUT2D eigenvalue weighted by Gasteiger charge is -1.98. The Kier molecular flexibility index (Phi) is 3.45.